The summed E-state index contributed by atoms with van der Waals surface area (Å²) >= 11 is 0. The maximum atomic E-state index is 13.9. The summed E-state index contributed by atoms with van der Waals surface area (Å²) in [5.74, 6) is -3.38. The van der Waals surface area contributed by atoms with Gasteiger partial charge < -0.3 is 19.6 Å². The average molecular weight is 652 g/mol. The Labute approximate surface area is 272 Å². The van der Waals surface area contributed by atoms with Crippen LogP contribution in [0.15, 0.2) is 0 Å². The van der Waals surface area contributed by atoms with E-state index in [2.05, 4.69) is 0 Å². The van der Waals surface area contributed by atoms with E-state index >= 15 is 0 Å². The van der Waals surface area contributed by atoms with E-state index in [9.17, 15) is 33.9 Å². The van der Waals surface area contributed by atoms with Crippen LogP contribution in [-0.2, 0) is 43.3 Å². The third-order valence-electron chi connectivity index (χ3n) is 8.89. The lowest BCUT2D eigenvalue weighted by molar-refractivity contribution is -0.280. The number of carbonyl (C=O) groups is 6. The maximum Gasteiger partial charge on any atom is 0.358 e. The fraction of sp³-hybridized carbons (Fsp3) is 0.818. The number of aliphatic hydroxyl groups is 1. The van der Waals surface area contributed by atoms with Gasteiger partial charge in [0.1, 0.15) is 17.3 Å². The van der Waals surface area contributed by atoms with Gasteiger partial charge in [0.25, 0.3) is 0 Å². The second-order valence-corrected chi connectivity index (χ2v) is 17.1. The number of hydroxylamine groups is 6. The molecule has 1 N–H and O–H groups in total. The Balaban J connectivity index is 1.93. The Morgan fingerprint density at radius 3 is 0.978 bits per heavy atom. The van der Waals surface area contributed by atoms with E-state index < -0.39 is 69.6 Å². The largest absolute Gasteiger partial charge is 0.377 e. The van der Waals surface area contributed by atoms with Gasteiger partial charge in [-0.3, -0.25) is 24.0 Å². The first kappa shape index (κ1) is 37.7. The van der Waals surface area contributed by atoms with Gasteiger partial charge in [0.2, 0.25) is 0 Å². The second-order valence-electron chi connectivity index (χ2n) is 17.1. The molecule has 0 atom stereocenters. The average Bonchev–Trinajstić information content (AvgIpc) is 2.78. The molecule has 0 aliphatic carbocycles. The van der Waals surface area contributed by atoms with Crippen molar-refractivity contribution in [3.8, 4) is 0 Å². The summed E-state index contributed by atoms with van der Waals surface area (Å²) in [4.78, 5) is 95.4. The smallest absolute Gasteiger partial charge is 0.358 e. The van der Waals surface area contributed by atoms with Crippen molar-refractivity contribution in [3.05, 3.63) is 0 Å². The predicted molar refractivity (Wildman–Crippen MR) is 165 cm³/mol. The molecule has 3 heterocycles. The third-order valence-corrected chi connectivity index (χ3v) is 8.89. The predicted octanol–water partition coefficient (Wildman–Crippen LogP) is 3.54. The summed E-state index contributed by atoms with van der Waals surface area (Å²) in [5, 5.41) is 16.0. The van der Waals surface area contributed by atoms with Crippen molar-refractivity contribution in [2.75, 3.05) is 0 Å². The molecule has 0 aromatic carbocycles. The summed E-state index contributed by atoms with van der Waals surface area (Å²) in [6, 6.07) is 0. The zero-order chi connectivity index (χ0) is 35.5. The Morgan fingerprint density at radius 1 is 0.522 bits per heavy atom. The maximum absolute atomic E-state index is 13.9. The number of piperidine rings is 3. The van der Waals surface area contributed by atoms with Gasteiger partial charge in [0.05, 0.1) is 46.1 Å². The lowest BCUT2D eigenvalue weighted by Gasteiger charge is -2.50. The molecule has 0 aromatic heterocycles. The van der Waals surface area contributed by atoms with E-state index in [0.29, 0.717) is 0 Å². The highest BCUT2D eigenvalue weighted by Crippen LogP contribution is 2.41. The van der Waals surface area contributed by atoms with Gasteiger partial charge in [0.15, 0.2) is 5.60 Å². The molecule has 0 radical (unpaired) electrons. The molecule has 3 aliphatic heterocycles. The minimum atomic E-state index is -2.75. The highest BCUT2D eigenvalue weighted by Gasteiger charge is 2.54. The van der Waals surface area contributed by atoms with Crippen molar-refractivity contribution in [1.82, 2.24) is 15.2 Å². The van der Waals surface area contributed by atoms with Crippen molar-refractivity contribution in [1.29, 1.82) is 0 Å². The molecule has 3 rings (SSSR count). The summed E-state index contributed by atoms with van der Waals surface area (Å²) < 4.78 is 0. The first-order valence-corrected chi connectivity index (χ1v) is 15.9. The molecule has 3 fully saturated rings. The fourth-order valence-corrected chi connectivity index (χ4v) is 7.83. The highest BCUT2D eigenvalue weighted by molar-refractivity contribution is 5.90. The van der Waals surface area contributed by atoms with Gasteiger partial charge in [-0.25, -0.2) is 4.79 Å². The van der Waals surface area contributed by atoms with Crippen LogP contribution in [0.25, 0.3) is 0 Å². The van der Waals surface area contributed by atoms with Crippen molar-refractivity contribution in [2.24, 2.45) is 0 Å². The molecule has 13 nitrogen and oxygen atoms in total. The molecule has 3 saturated heterocycles. The zero-order valence-corrected chi connectivity index (χ0v) is 29.6. The van der Waals surface area contributed by atoms with Crippen LogP contribution in [0.4, 0.5) is 0 Å². The Bertz CT molecular complexity index is 1170. The second kappa shape index (κ2) is 12.1. The van der Waals surface area contributed by atoms with Crippen molar-refractivity contribution in [2.45, 2.75) is 173 Å². The summed E-state index contributed by atoms with van der Waals surface area (Å²) in [6.45, 7) is 20.8. The number of ketones is 3. The number of nitrogens with zero attached hydrogens (tertiary/aromatic N) is 3. The Kier molecular flexibility index (Phi) is 9.88. The van der Waals surface area contributed by atoms with Crippen LogP contribution in [-0.4, -0.2) is 94.4 Å². The lowest BCUT2D eigenvalue weighted by Crippen LogP contribution is -2.63. The van der Waals surface area contributed by atoms with E-state index in [4.69, 9.17) is 14.5 Å². The standard InChI is InChI=1S/C33H53N3O10/c1-27(2)13-21(37)14-28(3,4)34(27)44-24(40)19-33(43,26(42)46-36-31(9,10)17-23(39)18-32(36,11)12)20-25(41)45-35-29(5,6)15-22(38)16-30(35,7)8/h43H,13-20H2,1-12H3. The van der Waals surface area contributed by atoms with Crippen LogP contribution in [0.1, 0.15) is 134 Å². The van der Waals surface area contributed by atoms with Gasteiger partial charge >= 0.3 is 17.9 Å². The van der Waals surface area contributed by atoms with Crippen LogP contribution >= 0.6 is 0 Å². The molecular formula is C33H53N3O10. The number of carbonyl (C=O) groups excluding carboxylic acids is 6. The van der Waals surface area contributed by atoms with Crippen molar-refractivity contribution < 1.29 is 48.4 Å². The van der Waals surface area contributed by atoms with E-state index in [-0.39, 0.29) is 55.9 Å². The van der Waals surface area contributed by atoms with E-state index in [1.807, 2.05) is 0 Å². The molecule has 0 bridgehead atoms. The summed E-state index contributed by atoms with van der Waals surface area (Å²) in [6.07, 6.45) is -1.35. The topological polar surface area (TPSA) is 160 Å². The van der Waals surface area contributed by atoms with Crippen LogP contribution in [0.2, 0.25) is 0 Å². The summed E-state index contributed by atoms with van der Waals surface area (Å²) in [7, 11) is 0. The monoisotopic (exact) mass is 651 g/mol. The quantitative estimate of drug-likeness (QED) is 0.406. The van der Waals surface area contributed by atoms with Crippen LogP contribution in [0.5, 0.6) is 0 Å². The van der Waals surface area contributed by atoms with Crippen LogP contribution in [0.3, 0.4) is 0 Å². The Hall–Kier alpha value is -2.74. The van der Waals surface area contributed by atoms with E-state index in [1.165, 1.54) is 15.2 Å². The zero-order valence-electron chi connectivity index (χ0n) is 29.6. The molecule has 0 unspecified atom stereocenters. The molecule has 0 spiro atoms. The van der Waals surface area contributed by atoms with Crippen LogP contribution in [0, 0.1) is 0 Å². The molecule has 0 aromatic rings. The summed E-state index contributed by atoms with van der Waals surface area (Å²) in [5.41, 5.74) is -8.21. The molecule has 46 heavy (non-hydrogen) atoms. The van der Waals surface area contributed by atoms with Crippen molar-refractivity contribution >= 4 is 35.3 Å². The van der Waals surface area contributed by atoms with Gasteiger partial charge in [-0.15, -0.1) is 15.2 Å². The Morgan fingerprint density at radius 2 is 0.739 bits per heavy atom. The van der Waals surface area contributed by atoms with Gasteiger partial charge in [-0.2, -0.15) is 0 Å². The van der Waals surface area contributed by atoms with E-state index in [1.54, 1.807) is 83.1 Å². The molecular weight excluding hydrogens is 598 g/mol. The van der Waals surface area contributed by atoms with Crippen LogP contribution < -0.4 is 0 Å². The SMILES string of the molecule is CC1(C)CC(=O)CC(C)(C)N1OC(=O)CC(O)(CC(=O)ON1C(C)(C)CC(=O)CC1(C)C)C(=O)ON1C(C)(C)CC(=O)CC1(C)C. The van der Waals surface area contributed by atoms with Crippen molar-refractivity contribution in [3.63, 3.8) is 0 Å². The molecule has 3 aliphatic rings. The minimum absolute atomic E-state index is 0.000584. The number of hydrogen-bond acceptors (Lipinski definition) is 13. The third kappa shape index (κ3) is 8.03. The first-order valence-electron chi connectivity index (χ1n) is 15.9. The highest BCUT2D eigenvalue weighted by atomic mass is 16.7. The fourth-order valence-electron chi connectivity index (χ4n) is 7.83. The molecule has 13 heteroatoms. The minimum Gasteiger partial charge on any atom is -0.377 e. The number of Topliss-reactive ketones (excluding diaryl/α,β-unsaturated/α-hetero) is 3. The molecule has 0 amide bonds. The van der Waals surface area contributed by atoms with Gasteiger partial charge in [-0.05, 0) is 83.1 Å². The molecule has 260 valence electrons. The lowest BCUT2D eigenvalue weighted by atomic mass is 9.81. The van der Waals surface area contributed by atoms with Gasteiger partial charge in [0, 0.05) is 38.5 Å². The number of rotatable bonds is 8. The first-order chi connectivity index (χ1) is 20.5. The van der Waals surface area contributed by atoms with Gasteiger partial charge in [-0.1, -0.05) is 0 Å². The normalized spacial score (nSPS) is 25.9. The number of hydrogen-bond donors (Lipinski definition) is 1. The van der Waals surface area contributed by atoms with E-state index in [0.717, 1.165) is 0 Å². The molecule has 0 saturated carbocycles.